The second-order valence-electron chi connectivity index (χ2n) is 4.79. The Morgan fingerprint density at radius 2 is 1.95 bits per heavy atom. The van der Waals surface area contributed by atoms with E-state index in [2.05, 4.69) is 15.9 Å². The zero-order valence-electron chi connectivity index (χ0n) is 10.6. The smallest absolute Gasteiger partial charge is 0.255 e. The Labute approximate surface area is 124 Å². The summed E-state index contributed by atoms with van der Waals surface area (Å²) in [5.74, 6) is -0.622. The minimum Gasteiger partial charge on any atom is -0.399 e. The molecule has 3 rings (SSSR count). The zero-order chi connectivity index (χ0) is 14.3. The SMILES string of the molecule is Nc1ccc2c(c1)CN(C(=O)c1cccc(F)c1Br)C2. The number of carbonyl (C=O) groups excluding carboxylic acids is 1. The highest BCUT2D eigenvalue weighted by Crippen LogP contribution is 2.28. The van der Waals surface area contributed by atoms with Crippen LogP contribution in [0.1, 0.15) is 21.5 Å². The molecule has 0 atom stereocenters. The molecule has 0 unspecified atom stereocenters. The molecule has 0 spiro atoms. The number of rotatable bonds is 1. The third-order valence-electron chi connectivity index (χ3n) is 3.42. The normalized spacial score (nSPS) is 13.4. The lowest BCUT2D eigenvalue weighted by molar-refractivity contribution is 0.0750. The Morgan fingerprint density at radius 1 is 1.20 bits per heavy atom. The van der Waals surface area contributed by atoms with E-state index in [-0.39, 0.29) is 10.4 Å². The molecule has 0 radical (unpaired) electrons. The summed E-state index contributed by atoms with van der Waals surface area (Å²) >= 11 is 3.13. The van der Waals surface area contributed by atoms with Gasteiger partial charge in [-0.25, -0.2) is 4.39 Å². The summed E-state index contributed by atoms with van der Waals surface area (Å²) in [7, 11) is 0. The van der Waals surface area contributed by atoms with E-state index >= 15 is 0 Å². The van der Waals surface area contributed by atoms with Gasteiger partial charge in [0.15, 0.2) is 0 Å². The van der Waals surface area contributed by atoms with Gasteiger partial charge >= 0.3 is 0 Å². The van der Waals surface area contributed by atoms with Crippen molar-refractivity contribution in [2.24, 2.45) is 0 Å². The molecule has 1 heterocycles. The van der Waals surface area contributed by atoms with Gasteiger partial charge in [0.25, 0.3) is 5.91 Å². The molecular formula is C15H12BrFN2O. The highest BCUT2D eigenvalue weighted by Gasteiger charge is 2.26. The standard InChI is InChI=1S/C15H12BrFN2O/c16-14-12(2-1-3-13(14)17)15(20)19-7-9-4-5-11(18)6-10(9)8-19/h1-6H,7-8,18H2. The van der Waals surface area contributed by atoms with Crippen LogP contribution >= 0.6 is 15.9 Å². The maximum atomic E-state index is 13.5. The maximum Gasteiger partial charge on any atom is 0.255 e. The van der Waals surface area contributed by atoms with Gasteiger partial charge in [0.05, 0.1) is 10.0 Å². The van der Waals surface area contributed by atoms with E-state index in [1.54, 1.807) is 11.0 Å². The number of halogens is 2. The van der Waals surface area contributed by atoms with E-state index in [9.17, 15) is 9.18 Å². The number of amides is 1. The molecule has 3 nitrogen and oxygen atoms in total. The summed E-state index contributed by atoms with van der Waals surface area (Å²) in [4.78, 5) is 14.2. The van der Waals surface area contributed by atoms with Gasteiger partial charge in [-0.15, -0.1) is 0 Å². The molecule has 1 amide bonds. The van der Waals surface area contributed by atoms with Crippen molar-refractivity contribution in [1.29, 1.82) is 0 Å². The first-order valence-corrected chi connectivity index (χ1v) is 6.96. The van der Waals surface area contributed by atoms with Crippen molar-refractivity contribution in [3.05, 3.63) is 63.4 Å². The van der Waals surface area contributed by atoms with Crippen LogP contribution in [0.15, 0.2) is 40.9 Å². The maximum absolute atomic E-state index is 13.5. The fourth-order valence-corrected chi connectivity index (χ4v) is 2.83. The van der Waals surface area contributed by atoms with Gasteiger partial charge in [0.1, 0.15) is 5.82 Å². The van der Waals surface area contributed by atoms with Crippen molar-refractivity contribution in [3.8, 4) is 0 Å². The zero-order valence-corrected chi connectivity index (χ0v) is 12.2. The fraction of sp³-hybridized carbons (Fsp3) is 0.133. The minimum atomic E-state index is -0.434. The fourth-order valence-electron chi connectivity index (χ4n) is 2.40. The Hall–Kier alpha value is -1.88. The molecule has 20 heavy (non-hydrogen) atoms. The van der Waals surface area contributed by atoms with Crippen molar-refractivity contribution in [2.75, 3.05) is 5.73 Å². The van der Waals surface area contributed by atoms with Crippen molar-refractivity contribution >= 4 is 27.5 Å². The number of hydrogen-bond acceptors (Lipinski definition) is 2. The van der Waals surface area contributed by atoms with Gasteiger partial charge < -0.3 is 10.6 Å². The molecule has 5 heteroatoms. The predicted molar refractivity (Wildman–Crippen MR) is 78.5 cm³/mol. The molecule has 0 fully saturated rings. The van der Waals surface area contributed by atoms with E-state index in [0.29, 0.717) is 24.3 Å². The third-order valence-corrected chi connectivity index (χ3v) is 4.23. The molecule has 2 aromatic carbocycles. The van der Waals surface area contributed by atoms with Crippen LogP contribution in [0.3, 0.4) is 0 Å². The summed E-state index contributed by atoms with van der Waals surface area (Å²) in [6.45, 7) is 1.03. The molecule has 1 aliphatic heterocycles. The van der Waals surface area contributed by atoms with E-state index in [1.807, 2.05) is 18.2 Å². The van der Waals surface area contributed by atoms with Crippen LogP contribution in [0.2, 0.25) is 0 Å². The van der Waals surface area contributed by atoms with E-state index < -0.39 is 5.82 Å². The third kappa shape index (κ3) is 2.18. The molecule has 102 valence electrons. The first-order valence-electron chi connectivity index (χ1n) is 6.17. The van der Waals surface area contributed by atoms with Gasteiger partial charge in [0.2, 0.25) is 0 Å². The number of anilines is 1. The van der Waals surface area contributed by atoms with E-state index in [0.717, 1.165) is 11.1 Å². The van der Waals surface area contributed by atoms with Crippen LogP contribution in [-0.2, 0) is 13.1 Å². The molecule has 2 N–H and O–H groups in total. The number of hydrogen-bond donors (Lipinski definition) is 1. The van der Waals surface area contributed by atoms with Crippen molar-refractivity contribution in [3.63, 3.8) is 0 Å². The summed E-state index contributed by atoms with van der Waals surface area (Å²) in [5, 5.41) is 0. The first kappa shape index (κ1) is 13.1. The molecule has 0 aliphatic carbocycles. The topological polar surface area (TPSA) is 46.3 Å². The predicted octanol–water partition coefficient (Wildman–Crippen LogP) is 3.33. The Morgan fingerprint density at radius 3 is 2.75 bits per heavy atom. The lowest BCUT2D eigenvalue weighted by atomic mass is 10.1. The van der Waals surface area contributed by atoms with E-state index in [1.165, 1.54) is 12.1 Å². The van der Waals surface area contributed by atoms with Crippen LogP contribution in [0, 0.1) is 5.82 Å². The largest absolute Gasteiger partial charge is 0.399 e. The highest BCUT2D eigenvalue weighted by molar-refractivity contribution is 9.10. The number of nitrogen functional groups attached to an aromatic ring is 1. The molecule has 0 bridgehead atoms. The Balaban J connectivity index is 1.89. The summed E-state index contributed by atoms with van der Waals surface area (Å²) in [6.07, 6.45) is 0. The first-order chi connectivity index (χ1) is 9.56. The molecule has 0 saturated heterocycles. The number of fused-ring (bicyclic) bond motifs is 1. The molecule has 1 aliphatic rings. The lowest BCUT2D eigenvalue weighted by Crippen LogP contribution is -2.25. The number of nitrogens with two attached hydrogens (primary N) is 1. The van der Waals surface area contributed by atoms with Crippen LogP contribution < -0.4 is 5.73 Å². The Kier molecular flexibility index (Phi) is 3.22. The van der Waals surface area contributed by atoms with Crippen LogP contribution in [0.4, 0.5) is 10.1 Å². The van der Waals surface area contributed by atoms with E-state index in [4.69, 9.17) is 5.73 Å². The molecule has 2 aromatic rings. The number of benzene rings is 2. The molecular weight excluding hydrogens is 323 g/mol. The molecule has 0 aromatic heterocycles. The highest BCUT2D eigenvalue weighted by atomic mass is 79.9. The lowest BCUT2D eigenvalue weighted by Gasteiger charge is -2.16. The second kappa shape index (κ2) is 4.90. The van der Waals surface area contributed by atoms with Crippen molar-refractivity contribution in [1.82, 2.24) is 4.90 Å². The van der Waals surface area contributed by atoms with Gasteiger partial charge in [-0.2, -0.15) is 0 Å². The van der Waals surface area contributed by atoms with Crippen molar-refractivity contribution in [2.45, 2.75) is 13.1 Å². The molecule has 0 saturated carbocycles. The van der Waals surface area contributed by atoms with Crippen LogP contribution in [0.25, 0.3) is 0 Å². The quantitative estimate of drug-likeness (QED) is 0.813. The summed E-state index contributed by atoms with van der Waals surface area (Å²) in [6, 6.07) is 10.1. The number of carbonyl (C=O) groups is 1. The van der Waals surface area contributed by atoms with Gasteiger partial charge in [-0.05, 0) is 51.3 Å². The van der Waals surface area contributed by atoms with Gasteiger partial charge in [-0.3, -0.25) is 4.79 Å². The van der Waals surface area contributed by atoms with Gasteiger partial charge in [-0.1, -0.05) is 12.1 Å². The average molecular weight is 335 g/mol. The van der Waals surface area contributed by atoms with Crippen LogP contribution in [0.5, 0.6) is 0 Å². The van der Waals surface area contributed by atoms with Gasteiger partial charge in [0, 0.05) is 18.8 Å². The van der Waals surface area contributed by atoms with Crippen molar-refractivity contribution < 1.29 is 9.18 Å². The average Bonchev–Trinajstić information content (AvgIpc) is 2.84. The monoisotopic (exact) mass is 334 g/mol. The second-order valence-corrected chi connectivity index (χ2v) is 5.58. The summed E-state index contributed by atoms with van der Waals surface area (Å²) < 4.78 is 13.7. The number of nitrogens with zero attached hydrogens (tertiary/aromatic N) is 1. The Bertz CT molecular complexity index is 702. The van der Waals surface area contributed by atoms with Crippen LogP contribution in [-0.4, -0.2) is 10.8 Å². The summed E-state index contributed by atoms with van der Waals surface area (Å²) in [5.41, 5.74) is 8.90. The minimum absolute atomic E-state index is 0.189.